The van der Waals surface area contributed by atoms with Crippen molar-refractivity contribution in [3.05, 3.63) is 313 Å². The molecule has 119 heavy (non-hydrogen) atoms. The van der Waals surface area contributed by atoms with Crippen LogP contribution in [0.25, 0.3) is 5.76 Å². The van der Waals surface area contributed by atoms with Crippen LogP contribution in [0.3, 0.4) is 0 Å². The van der Waals surface area contributed by atoms with Crippen molar-refractivity contribution >= 4 is 93.7 Å². The number of rotatable bonds is 14. The Kier molecular flexibility index (Phi) is 17.3. The lowest BCUT2D eigenvalue weighted by Crippen LogP contribution is -2.55. The number of cyclic esters (lactones) is 3. The minimum atomic E-state index is -6.39. The summed E-state index contributed by atoms with van der Waals surface area (Å²) < 4.78 is 298. The van der Waals surface area contributed by atoms with Crippen LogP contribution in [0.4, 0.5) is 102 Å². The Balaban J connectivity index is 0.593. The summed E-state index contributed by atoms with van der Waals surface area (Å²) in [5, 5.41) is 0. The largest absolute Gasteiger partial charge is 0.457 e. The fraction of sp³-hybridized carbons (Fsp3) is 0.110. The van der Waals surface area contributed by atoms with Crippen LogP contribution in [0.2, 0.25) is 0 Å². The van der Waals surface area contributed by atoms with Crippen LogP contribution in [0.1, 0.15) is 153 Å². The number of carbonyl (C=O) groups excluding carboxylic acids is 11. The number of ether oxygens (including phenoxy) is 4. The Morgan fingerprint density at radius 2 is 0.403 bits per heavy atom. The van der Waals surface area contributed by atoms with Crippen molar-refractivity contribution in [3.8, 4) is 23.0 Å². The second kappa shape index (κ2) is 26.2. The SMILES string of the molecule is C=C1OC(=O)c2cc(C(c3ccc4c(c3)C(=O)N(c3ccc(Oc5ccc(N6C(=O)c7ccc(C(c8ccc9c(c8)C(=O)N(c8ccc(Oc%10ccc(N%11C(=O)c%12ccc(C(c%13ccc%14c(c%13)C(=O)OC%14=O)(C(F)(F)F)C(F)(F)F)cc%12C%11=O)cc%10)cc8)C9=O)(C(F)(F)F)C(F)(F)F)cc7C6=O)cc5)cc3)C4=O)(C(F)(F)F)C(F)(F)F)ccc21. The highest BCUT2D eigenvalue weighted by molar-refractivity contribution is 6.37. The molecule has 10 aromatic rings. The van der Waals surface area contributed by atoms with Crippen molar-refractivity contribution in [3.63, 3.8) is 0 Å². The Labute approximate surface area is 650 Å². The fourth-order valence-corrected chi connectivity index (χ4v) is 15.4. The number of hydrogen-bond acceptors (Lipinski definition) is 15. The number of hydrogen-bond donors (Lipinski definition) is 0. The maximum atomic E-state index is 15.8. The molecule has 0 saturated carbocycles. The summed E-state index contributed by atoms with van der Waals surface area (Å²) >= 11 is 0. The lowest BCUT2D eigenvalue weighted by Gasteiger charge is -2.38. The summed E-state index contributed by atoms with van der Waals surface area (Å²) in [6.07, 6.45) is -37.7. The van der Waals surface area contributed by atoms with E-state index >= 15 is 79.0 Å². The molecule has 0 unspecified atom stereocenters. The maximum Gasteiger partial charge on any atom is 0.411 e. The minimum absolute atomic E-state index is 0.0829. The molecule has 0 atom stereocenters. The molecular weight excluding hydrogens is 1620 g/mol. The number of esters is 3. The van der Waals surface area contributed by atoms with E-state index in [0.29, 0.717) is 92.4 Å². The number of fused-ring (bicyclic) bond motifs is 6. The van der Waals surface area contributed by atoms with Gasteiger partial charge in [0.15, 0.2) is 0 Å². The van der Waals surface area contributed by atoms with Crippen molar-refractivity contribution in [2.75, 3.05) is 19.6 Å². The number of imide groups is 4. The van der Waals surface area contributed by atoms with Gasteiger partial charge in [0.25, 0.3) is 47.3 Å². The fourth-order valence-electron chi connectivity index (χ4n) is 15.4. The summed E-state index contributed by atoms with van der Waals surface area (Å²) in [6.45, 7) is 3.42. The van der Waals surface area contributed by atoms with Crippen LogP contribution in [-0.2, 0) is 25.7 Å². The molecule has 0 aromatic heterocycles. The predicted molar refractivity (Wildman–Crippen MR) is 372 cm³/mol. The standard InChI is InChI=1S/C82H36F18N4O15/c1-36-51-24-2-41(34-61(51)72(114)116-36)75(79(89,90)91,80(92,93)94)39-5-27-54-59(32-39)69(111)103(65(54)107)45-12-20-49(21-13-45)117-47-16-8-43(9-17-47)101-63(105)52-25-3-37(30-57(52)67(101)109)74(77(83,84)85,78(86,87)88)38-4-26-53-58(31-38)68(110)102(64(53)106)44-10-18-48(19-11-44)118-50-22-14-46(15-23-50)104-66(108)55-28-6-40(33-60(55)70(104)112)76(81(95,96)97,82(98,99)100)42-7-29-56-62(35-42)73(115)119-71(56)113/h2-35H,1H2. The van der Waals surface area contributed by atoms with E-state index < -0.39 is 213 Å². The molecule has 10 aromatic carbocycles. The van der Waals surface area contributed by atoms with Crippen molar-refractivity contribution in [2.24, 2.45) is 0 Å². The molecule has 19 nitrogen and oxygen atoms in total. The summed E-state index contributed by atoms with van der Waals surface area (Å²) in [5.41, 5.74) is -34.3. The zero-order chi connectivity index (χ0) is 85.6. The zero-order valence-electron chi connectivity index (χ0n) is 58.6. The molecule has 0 spiro atoms. The maximum absolute atomic E-state index is 15.8. The van der Waals surface area contributed by atoms with E-state index in [1.54, 1.807) is 0 Å². The van der Waals surface area contributed by atoms with Gasteiger partial charge in [0.05, 0.1) is 83.9 Å². The average Bonchev–Trinajstić information content (AvgIpc) is 1.66. The molecule has 0 radical (unpaired) electrons. The molecule has 6 aliphatic rings. The van der Waals surface area contributed by atoms with Gasteiger partial charge in [-0.3, -0.25) is 38.4 Å². The van der Waals surface area contributed by atoms with Gasteiger partial charge in [-0.05, 0) is 197 Å². The second-order valence-electron chi connectivity index (χ2n) is 27.3. The number of benzene rings is 10. The molecule has 600 valence electrons. The molecular formula is C82H36F18N4O15. The first-order chi connectivity index (χ1) is 55.8. The molecule has 6 aliphatic heterocycles. The quantitative estimate of drug-likeness (QED) is 0.0426. The van der Waals surface area contributed by atoms with Gasteiger partial charge in [0.2, 0.25) is 16.2 Å². The van der Waals surface area contributed by atoms with Crippen molar-refractivity contribution in [2.45, 2.75) is 53.3 Å². The van der Waals surface area contributed by atoms with Gasteiger partial charge >= 0.3 is 55.0 Å². The molecule has 16 rings (SSSR count). The first kappa shape index (κ1) is 78.3. The van der Waals surface area contributed by atoms with E-state index in [4.69, 9.17) is 14.2 Å². The van der Waals surface area contributed by atoms with E-state index in [2.05, 4.69) is 11.3 Å². The van der Waals surface area contributed by atoms with Crippen LogP contribution in [0, 0.1) is 0 Å². The number of nitrogens with zero attached hydrogens (tertiary/aromatic N) is 4. The lowest BCUT2D eigenvalue weighted by molar-refractivity contribution is -0.290. The average molecular weight is 1660 g/mol. The van der Waals surface area contributed by atoms with Crippen LogP contribution in [0.15, 0.2) is 213 Å². The lowest BCUT2D eigenvalue weighted by atomic mass is 9.71. The molecule has 37 heteroatoms. The molecule has 6 heterocycles. The van der Waals surface area contributed by atoms with E-state index in [0.717, 1.165) is 103 Å². The summed E-state index contributed by atoms with van der Waals surface area (Å²) in [7, 11) is 0. The van der Waals surface area contributed by atoms with Gasteiger partial charge in [-0.15, -0.1) is 0 Å². The Hall–Kier alpha value is -14.6. The van der Waals surface area contributed by atoms with Crippen LogP contribution in [0.5, 0.6) is 23.0 Å². The van der Waals surface area contributed by atoms with Gasteiger partial charge in [0.1, 0.15) is 28.8 Å². The predicted octanol–water partition coefficient (Wildman–Crippen LogP) is 18.2. The first-order valence-corrected chi connectivity index (χ1v) is 34.0. The highest BCUT2D eigenvalue weighted by atomic mass is 19.4. The molecule has 0 aliphatic carbocycles. The van der Waals surface area contributed by atoms with Crippen LogP contribution < -0.4 is 29.1 Å². The van der Waals surface area contributed by atoms with E-state index in [1.807, 2.05) is 0 Å². The Bertz CT molecular complexity index is 5860. The number of halogens is 18. The van der Waals surface area contributed by atoms with Crippen molar-refractivity contribution in [1.29, 1.82) is 0 Å². The summed E-state index contributed by atoms with van der Waals surface area (Å²) in [4.78, 5) is 150. The van der Waals surface area contributed by atoms with Gasteiger partial charge in [-0.1, -0.05) is 49.0 Å². The summed E-state index contributed by atoms with van der Waals surface area (Å²) in [6, 6.07) is 24.9. The van der Waals surface area contributed by atoms with Crippen molar-refractivity contribution < 1.29 is 151 Å². The third-order valence-electron chi connectivity index (χ3n) is 20.9. The zero-order valence-corrected chi connectivity index (χ0v) is 58.6. The second-order valence-corrected chi connectivity index (χ2v) is 27.3. The number of alkyl halides is 18. The topological polar surface area (TPSA) is 238 Å². The summed E-state index contributed by atoms with van der Waals surface area (Å²) in [5.74, 6) is -15.2. The molecule has 8 amide bonds. The van der Waals surface area contributed by atoms with E-state index in [9.17, 15) is 52.7 Å². The number of amides is 8. The van der Waals surface area contributed by atoms with Crippen LogP contribution in [-0.4, -0.2) is 102 Å². The van der Waals surface area contributed by atoms with E-state index in [-0.39, 0.29) is 87.4 Å². The third kappa shape index (κ3) is 11.4. The smallest absolute Gasteiger partial charge is 0.411 e. The number of anilines is 4. The van der Waals surface area contributed by atoms with Gasteiger partial charge in [-0.25, -0.2) is 34.0 Å². The highest BCUT2D eigenvalue weighted by Crippen LogP contribution is 2.61. The molecule has 0 fully saturated rings. The molecule has 0 N–H and O–H groups in total. The van der Waals surface area contributed by atoms with Gasteiger partial charge < -0.3 is 18.9 Å². The highest BCUT2D eigenvalue weighted by Gasteiger charge is 2.76. The first-order valence-electron chi connectivity index (χ1n) is 34.0. The molecule has 0 bridgehead atoms. The Morgan fingerprint density at radius 1 is 0.218 bits per heavy atom. The van der Waals surface area contributed by atoms with Crippen molar-refractivity contribution in [1.82, 2.24) is 0 Å². The normalized spacial score (nSPS) is 15.7. The third-order valence-corrected chi connectivity index (χ3v) is 20.9. The van der Waals surface area contributed by atoms with E-state index in [1.165, 1.54) is 0 Å². The monoisotopic (exact) mass is 1660 g/mol. The minimum Gasteiger partial charge on any atom is -0.457 e. The van der Waals surface area contributed by atoms with Gasteiger partial charge in [-0.2, -0.15) is 79.0 Å². The van der Waals surface area contributed by atoms with Gasteiger partial charge in [0, 0.05) is 5.56 Å². The Morgan fingerprint density at radius 3 is 0.639 bits per heavy atom. The molecule has 0 saturated heterocycles. The van der Waals surface area contributed by atoms with Crippen LogP contribution >= 0.6 is 0 Å². The number of carbonyl (C=O) groups is 11.